The fraction of sp³-hybridized carbons (Fsp3) is 0.533. The Hall–Kier alpha value is -1.81. The van der Waals surface area contributed by atoms with Crippen molar-refractivity contribution in [2.24, 2.45) is 0 Å². The van der Waals surface area contributed by atoms with Gasteiger partial charge < -0.3 is 19.0 Å². The number of halogens is 4. The van der Waals surface area contributed by atoms with Crippen LogP contribution in [0.1, 0.15) is 38.1 Å². The molecule has 1 saturated heterocycles. The van der Waals surface area contributed by atoms with E-state index in [1.54, 1.807) is 27.7 Å². The third-order valence-corrected chi connectivity index (χ3v) is 4.43. The number of carboxylic acids is 1. The van der Waals surface area contributed by atoms with Gasteiger partial charge >= 0.3 is 19.3 Å². The van der Waals surface area contributed by atoms with E-state index in [2.05, 4.69) is 0 Å². The number of rotatable bonds is 4. The summed E-state index contributed by atoms with van der Waals surface area (Å²) in [4.78, 5) is 10.8. The molecule has 0 atom stereocenters. The predicted molar refractivity (Wildman–Crippen MR) is 81.7 cm³/mol. The van der Waals surface area contributed by atoms with E-state index in [0.717, 1.165) is 23.0 Å². The molecule has 1 aromatic heterocycles. The highest BCUT2D eigenvalue weighted by Crippen LogP contribution is 2.41. The maximum Gasteiger partial charge on any atom is 0.525 e. The lowest BCUT2D eigenvalue weighted by atomic mass is 9.84. The van der Waals surface area contributed by atoms with Crippen LogP contribution in [-0.4, -0.2) is 40.1 Å². The van der Waals surface area contributed by atoms with Crippen molar-refractivity contribution in [2.45, 2.75) is 51.6 Å². The predicted octanol–water partition coefficient (Wildman–Crippen LogP) is 3.60. The molecule has 1 fully saturated rings. The summed E-state index contributed by atoms with van der Waals surface area (Å²) < 4.78 is 66.1. The molecule has 1 aliphatic rings. The third-order valence-electron chi connectivity index (χ3n) is 4.43. The fourth-order valence-electron chi connectivity index (χ4n) is 2.24. The van der Waals surface area contributed by atoms with Crippen molar-refractivity contribution in [1.29, 1.82) is 0 Å². The molecule has 10 heteroatoms. The van der Waals surface area contributed by atoms with Crippen molar-refractivity contribution < 1.29 is 36.8 Å². The van der Waals surface area contributed by atoms with Crippen molar-refractivity contribution >= 4 is 13.1 Å². The quantitative estimate of drug-likeness (QED) is 0.656. The Morgan fingerprint density at radius 1 is 1.24 bits per heavy atom. The van der Waals surface area contributed by atoms with Crippen molar-refractivity contribution in [3.8, 4) is 0 Å². The zero-order valence-corrected chi connectivity index (χ0v) is 14.1. The van der Waals surface area contributed by atoms with E-state index >= 15 is 0 Å². The number of nitrogens with zero attached hydrogens (tertiary/aromatic N) is 1. The van der Waals surface area contributed by atoms with E-state index in [1.807, 2.05) is 0 Å². The number of alkyl halides is 3. The van der Waals surface area contributed by atoms with Gasteiger partial charge in [0.25, 0.3) is 0 Å². The number of carboxylic acid groups (broad SMARTS) is 1. The van der Waals surface area contributed by atoms with Gasteiger partial charge in [0.1, 0.15) is 5.73 Å². The second-order valence-corrected chi connectivity index (χ2v) is 6.79. The lowest BCUT2D eigenvalue weighted by Crippen LogP contribution is -2.41. The molecule has 1 aliphatic heterocycles. The SMILES string of the molecule is CC1(C)OB(C(F)=C(Cn2ccc(C(=O)O)c2)C(F)(F)F)OC1(C)C. The van der Waals surface area contributed by atoms with E-state index in [9.17, 15) is 22.4 Å². The van der Waals surface area contributed by atoms with Gasteiger partial charge in [-0.3, -0.25) is 0 Å². The second-order valence-electron chi connectivity index (χ2n) is 6.79. The van der Waals surface area contributed by atoms with Gasteiger partial charge in [-0.05, 0) is 33.8 Å². The lowest BCUT2D eigenvalue weighted by molar-refractivity contribution is -0.0965. The first kappa shape index (κ1) is 19.5. The minimum atomic E-state index is -4.97. The largest absolute Gasteiger partial charge is 0.525 e. The summed E-state index contributed by atoms with van der Waals surface area (Å²) in [6, 6.07) is 1.13. The molecular weight excluding hydrogens is 345 g/mol. The molecule has 25 heavy (non-hydrogen) atoms. The van der Waals surface area contributed by atoms with E-state index in [-0.39, 0.29) is 5.56 Å². The number of allylic oxidation sites excluding steroid dienone is 1. The molecular formula is C15H18BF4NO4. The Kier molecular flexibility index (Phi) is 4.82. The number of aromatic nitrogens is 1. The molecule has 0 bridgehead atoms. The topological polar surface area (TPSA) is 60.7 Å². The van der Waals surface area contributed by atoms with Crippen LogP contribution < -0.4 is 0 Å². The first-order valence-corrected chi connectivity index (χ1v) is 7.45. The number of hydrogen-bond donors (Lipinski definition) is 1. The van der Waals surface area contributed by atoms with E-state index < -0.39 is 48.3 Å². The normalized spacial score (nSPS) is 20.6. The van der Waals surface area contributed by atoms with Crippen molar-refractivity contribution in [2.75, 3.05) is 0 Å². The highest BCUT2D eigenvalue weighted by molar-refractivity contribution is 6.53. The van der Waals surface area contributed by atoms with Gasteiger partial charge in [-0.15, -0.1) is 0 Å². The van der Waals surface area contributed by atoms with Gasteiger partial charge in [0.2, 0.25) is 0 Å². The maximum absolute atomic E-state index is 14.6. The molecule has 0 radical (unpaired) electrons. The summed E-state index contributed by atoms with van der Waals surface area (Å²) in [5, 5.41) is 8.83. The number of aromatic carboxylic acids is 1. The molecule has 2 rings (SSSR count). The van der Waals surface area contributed by atoms with Crippen LogP contribution in [-0.2, 0) is 15.9 Å². The minimum Gasteiger partial charge on any atom is -0.478 e. The minimum absolute atomic E-state index is 0.197. The first-order chi connectivity index (χ1) is 11.2. The van der Waals surface area contributed by atoms with Crippen LogP contribution in [0.2, 0.25) is 0 Å². The Morgan fingerprint density at radius 3 is 2.16 bits per heavy atom. The zero-order valence-electron chi connectivity index (χ0n) is 14.1. The standard InChI is InChI=1S/C15H18BF4NO4/c1-13(2)14(3,4)25-16(24-13)11(17)10(15(18,19)20)8-21-6-5-9(7-21)12(22)23/h5-7H,8H2,1-4H3,(H,22,23). The first-order valence-electron chi connectivity index (χ1n) is 7.45. The molecule has 138 valence electrons. The second kappa shape index (κ2) is 6.17. The zero-order chi connectivity index (χ0) is 19.2. The van der Waals surface area contributed by atoms with Crippen LogP contribution in [0.4, 0.5) is 17.6 Å². The third kappa shape index (κ3) is 3.90. The van der Waals surface area contributed by atoms with Crippen LogP contribution in [0.15, 0.2) is 29.8 Å². The molecule has 0 unspecified atom stereocenters. The average molecular weight is 363 g/mol. The molecule has 0 amide bonds. The summed E-state index contributed by atoms with van der Waals surface area (Å²) in [5.74, 6) is -1.29. The van der Waals surface area contributed by atoms with Crippen molar-refractivity contribution in [3.63, 3.8) is 0 Å². The summed E-state index contributed by atoms with van der Waals surface area (Å²) >= 11 is 0. The monoisotopic (exact) mass is 363 g/mol. The molecule has 5 nitrogen and oxygen atoms in total. The van der Waals surface area contributed by atoms with Gasteiger partial charge in [0, 0.05) is 12.4 Å². The summed E-state index contributed by atoms with van der Waals surface area (Å²) in [6.45, 7) is 5.49. The van der Waals surface area contributed by atoms with Gasteiger partial charge in [0.05, 0.1) is 28.9 Å². The van der Waals surface area contributed by atoms with Crippen molar-refractivity contribution in [3.05, 3.63) is 35.3 Å². The van der Waals surface area contributed by atoms with Crippen LogP contribution in [0.5, 0.6) is 0 Å². The molecule has 1 N–H and O–H groups in total. The molecule has 0 aliphatic carbocycles. The van der Waals surface area contributed by atoms with E-state index in [0.29, 0.717) is 0 Å². The Balaban J connectivity index is 2.36. The van der Waals surface area contributed by atoms with Crippen LogP contribution in [0, 0.1) is 0 Å². The molecule has 0 spiro atoms. The van der Waals surface area contributed by atoms with Gasteiger partial charge in [-0.2, -0.15) is 13.2 Å². The molecule has 1 aromatic rings. The summed E-state index contributed by atoms with van der Waals surface area (Å²) in [7, 11) is -1.78. The van der Waals surface area contributed by atoms with E-state index in [4.69, 9.17) is 14.4 Å². The highest BCUT2D eigenvalue weighted by Gasteiger charge is 2.55. The Bertz CT molecular complexity index is 693. The van der Waals surface area contributed by atoms with Crippen LogP contribution in [0.3, 0.4) is 0 Å². The number of carbonyl (C=O) groups is 1. The highest BCUT2D eigenvalue weighted by atomic mass is 19.4. The van der Waals surface area contributed by atoms with E-state index in [1.165, 1.54) is 0 Å². The Labute approximate surface area is 142 Å². The molecule has 0 saturated carbocycles. The van der Waals surface area contributed by atoms with Crippen LogP contribution in [0.25, 0.3) is 0 Å². The van der Waals surface area contributed by atoms with Gasteiger partial charge in [-0.1, -0.05) is 0 Å². The summed E-state index contributed by atoms with van der Waals surface area (Å²) in [5.41, 5.74) is -5.24. The molecule has 0 aromatic carbocycles. The Morgan fingerprint density at radius 2 is 1.76 bits per heavy atom. The van der Waals surface area contributed by atoms with Crippen molar-refractivity contribution in [1.82, 2.24) is 4.57 Å². The molecule has 2 heterocycles. The van der Waals surface area contributed by atoms with Gasteiger partial charge in [0.15, 0.2) is 0 Å². The average Bonchev–Trinajstić information content (AvgIpc) is 2.97. The maximum atomic E-state index is 14.6. The van der Waals surface area contributed by atoms with Crippen LogP contribution >= 0.6 is 0 Å². The number of hydrogen-bond acceptors (Lipinski definition) is 3. The fourth-order valence-corrected chi connectivity index (χ4v) is 2.24. The summed E-state index contributed by atoms with van der Waals surface area (Å²) in [6.07, 6.45) is -2.85. The van der Waals surface area contributed by atoms with Gasteiger partial charge in [-0.25, -0.2) is 9.18 Å². The lowest BCUT2D eigenvalue weighted by Gasteiger charge is -2.32. The smallest absolute Gasteiger partial charge is 0.478 e.